The van der Waals surface area contributed by atoms with Gasteiger partial charge in [-0.3, -0.25) is 14.6 Å². The van der Waals surface area contributed by atoms with Gasteiger partial charge in [0.25, 0.3) is 11.8 Å². The van der Waals surface area contributed by atoms with Crippen LogP contribution in [0.25, 0.3) is 0 Å². The largest absolute Gasteiger partial charge is 0.439 e. The summed E-state index contributed by atoms with van der Waals surface area (Å²) in [5.74, 6) is 0.334. The molecule has 0 fully saturated rings. The van der Waals surface area contributed by atoms with E-state index in [0.29, 0.717) is 39.2 Å². The summed E-state index contributed by atoms with van der Waals surface area (Å²) in [7, 11) is 0. The molecule has 0 aliphatic carbocycles. The van der Waals surface area contributed by atoms with E-state index < -0.39 is 0 Å². The van der Waals surface area contributed by atoms with Gasteiger partial charge in [0.1, 0.15) is 5.75 Å². The quantitative estimate of drug-likeness (QED) is 0.413. The Labute approximate surface area is 189 Å². The molecule has 8 heteroatoms. The number of amides is 2. The van der Waals surface area contributed by atoms with Crippen LogP contribution in [0.2, 0.25) is 5.02 Å². The fourth-order valence-electron chi connectivity index (χ4n) is 2.78. The Balaban J connectivity index is 1.38. The fraction of sp³-hybridized carbons (Fsp3) is 0. The number of halogens is 1. The molecule has 0 saturated carbocycles. The van der Waals surface area contributed by atoms with Gasteiger partial charge in [0.15, 0.2) is 0 Å². The molecule has 2 aromatic heterocycles. The summed E-state index contributed by atoms with van der Waals surface area (Å²) < 4.78 is 5.64. The lowest BCUT2D eigenvalue weighted by Crippen LogP contribution is -2.14. The molecule has 0 aliphatic heterocycles. The average Bonchev–Trinajstić information content (AvgIpc) is 2.82. The second kappa shape index (κ2) is 9.72. The average molecular weight is 445 g/mol. The van der Waals surface area contributed by atoms with Crippen molar-refractivity contribution >= 4 is 34.8 Å². The number of benzene rings is 2. The van der Waals surface area contributed by atoms with E-state index in [2.05, 4.69) is 20.6 Å². The maximum atomic E-state index is 12.6. The summed E-state index contributed by atoms with van der Waals surface area (Å²) in [4.78, 5) is 33.0. The molecule has 7 nitrogen and oxygen atoms in total. The highest BCUT2D eigenvalue weighted by atomic mass is 35.5. The van der Waals surface area contributed by atoms with Crippen LogP contribution in [-0.4, -0.2) is 21.8 Å². The number of hydrogen-bond donors (Lipinski definition) is 2. The van der Waals surface area contributed by atoms with Gasteiger partial charge in [0.2, 0.25) is 5.88 Å². The van der Waals surface area contributed by atoms with E-state index in [1.54, 1.807) is 79.0 Å². The molecule has 2 aromatic carbocycles. The van der Waals surface area contributed by atoms with Crippen LogP contribution in [0.1, 0.15) is 20.7 Å². The third-order valence-electron chi connectivity index (χ3n) is 4.34. The van der Waals surface area contributed by atoms with Crippen molar-refractivity contribution in [1.29, 1.82) is 0 Å². The van der Waals surface area contributed by atoms with Gasteiger partial charge < -0.3 is 15.4 Å². The number of hydrogen-bond acceptors (Lipinski definition) is 5. The van der Waals surface area contributed by atoms with Gasteiger partial charge in [-0.1, -0.05) is 17.7 Å². The summed E-state index contributed by atoms with van der Waals surface area (Å²) in [6.07, 6.45) is 4.56. The third kappa shape index (κ3) is 5.47. The maximum Gasteiger partial charge on any atom is 0.257 e. The first kappa shape index (κ1) is 21.0. The normalized spacial score (nSPS) is 10.3. The Hall–Kier alpha value is -4.23. The molecule has 0 bridgehead atoms. The topological polar surface area (TPSA) is 93.2 Å². The Bertz CT molecular complexity index is 1230. The van der Waals surface area contributed by atoms with Gasteiger partial charge in [-0.15, -0.1) is 0 Å². The molecule has 2 N–H and O–H groups in total. The molecular weight excluding hydrogens is 428 g/mol. The number of pyridine rings is 2. The SMILES string of the molecule is O=C(Nc1cccc(C(=O)Nc2ccc(Oc3ccc(Cl)cc3)nc2)c1)c1cccnc1. The van der Waals surface area contributed by atoms with Gasteiger partial charge in [0.05, 0.1) is 17.4 Å². The zero-order chi connectivity index (χ0) is 22.3. The molecule has 0 radical (unpaired) electrons. The van der Waals surface area contributed by atoms with Gasteiger partial charge >= 0.3 is 0 Å². The van der Waals surface area contributed by atoms with Crippen LogP contribution in [0.4, 0.5) is 11.4 Å². The lowest BCUT2D eigenvalue weighted by molar-refractivity contribution is 0.101. The van der Waals surface area contributed by atoms with Crippen LogP contribution in [0.15, 0.2) is 91.4 Å². The highest BCUT2D eigenvalue weighted by molar-refractivity contribution is 6.30. The summed E-state index contributed by atoms with van der Waals surface area (Å²) in [5, 5.41) is 6.14. The first-order valence-corrected chi connectivity index (χ1v) is 9.97. The zero-order valence-electron chi connectivity index (χ0n) is 16.7. The van der Waals surface area contributed by atoms with Gasteiger partial charge in [0, 0.05) is 34.7 Å². The Kier molecular flexibility index (Phi) is 6.38. The number of ether oxygens (including phenoxy) is 1. The molecule has 4 rings (SSSR count). The summed E-state index contributed by atoms with van der Waals surface area (Å²) >= 11 is 5.86. The van der Waals surface area contributed by atoms with Crippen molar-refractivity contribution in [3.63, 3.8) is 0 Å². The number of anilines is 2. The predicted octanol–water partition coefficient (Wildman–Crippen LogP) is 5.43. The smallest absolute Gasteiger partial charge is 0.257 e. The molecule has 2 amide bonds. The van der Waals surface area contributed by atoms with Gasteiger partial charge in [-0.25, -0.2) is 4.98 Å². The van der Waals surface area contributed by atoms with E-state index in [-0.39, 0.29) is 11.8 Å². The molecule has 0 aliphatic rings. The van der Waals surface area contributed by atoms with E-state index in [1.165, 1.54) is 12.4 Å². The molecule has 0 saturated heterocycles. The van der Waals surface area contributed by atoms with Crippen LogP contribution >= 0.6 is 11.6 Å². The van der Waals surface area contributed by atoms with Gasteiger partial charge in [-0.05, 0) is 60.7 Å². The molecule has 32 heavy (non-hydrogen) atoms. The first-order chi connectivity index (χ1) is 15.6. The van der Waals surface area contributed by atoms with E-state index in [9.17, 15) is 9.59 Å². The third-order valence-corrected chi connectivity index (χ3v) is 4.59. The maximum absolute atomic E-state index is 12.6. The Morgan fingerprint density at radius 1 is 0.781 bits per heavy atom. The van der Waals surface area contributed by atoms with E-state index in [4.69, 9.17) is 16.3 Å². The highest BCUT2D eigenvalue weighted by Crippen LogP contribution is 2.22. The van der Waals surface area contributed by atoms with Crippen LogP contribution in [0.3, 0.4) is 0 Å². The molecule has 0 atom stereocenters. The van der Waals surface area contributed by atoms with Crippen LogP contribution in [0.5, 0.6) is 11.6 Å². The van der Waals surface area contributed by atoms with Crippen molar-refractivity contribution in [2.75, 3.05) is 10.6 Å². The van der Waals surface area contributed by atoms with Crippen molar-refractivity contribution in [2.24, 2.45) is 0 Å². The highest BCUT2D eigenvalue weighted by Gasteiger charge is 2.10. The van der Waals surface area contributed by atoms with Crippen LogP contribution < -0.4 is 15.4 Å². The number of rotatable bonds is 6. The Morgan fingerprint density at radius 3 is 2.25 bits per heavy atom. The van der Waals surface area contributed by atoms with Crippen molar-refractivity contribution < 1.29 is 14.3 Å². The number of aromatic nitrogens is 2. The minimum atomic E-state index is -0.337. The molecule has 4 aromatic rings. The molecule has 158 valence electrons. The second-order valence-corrected chi connectivity index (χ2v) is 7.11. The van der Waals surface area contributed by atoms with Gasteiger partial charge in [-0.2, -0.15) is 0 Å². The number of carbonyl (C=O) groups is 2. The van der Waals surface area contributed by atoms with Crippen molar-refractivity contribution in [1.82, 2.24) is 9.97 Å². The standard InChI is InChI=1S/C24H17ClN4O3/c25-18-6-9-21(10-7-18)32-22-11-8-20(15-27-22)29-23(30)16-3-1-5-19(13-16)28-24(31)17-4-2-12-26-14-17/h1-15H,(H,28,31)(H,29,30). The van der Waals surface area contributed by atoms with Crippen LogP contribution in [0, 0.1) is 0 Å². The predicted molar refractivity (Wildman–Crippen MR) is 122 cm³/mol. The molecule has 0 spiro atoms. The fourth-order valence-corrected chi connectivity index (χ4v) is 2.91. The Morgan fingerprint density at radius 2 is 1.53 bits per heavy atom. The van der Waals surface area contributed by atoms with E-state index in [0.717, 1.165) is 0 Å². The van der Waals surface area contributed by atoms with Crippen molar-refractivity contribution in [3.8, 4) is 11.6 Å². The number of nitrogens with one attached hydrogen (secondary N) is 2. The number of nitrogens with zero attached hydrogens (tertiary/aromatic N) is 2. The summed E-state index contributed by atoms with van der Waals surface area (Å²) in [5.41, 5.74) is 1.81. The molecule has 0 unspecified atom stereocenters. The minimum absolute atomic E-state index is 0.309. The van der Waals surface area contributed by atoms with E-state index in [1.807, 2.05) is 0 Å². The molecule has 2 heterocycles. The van der Waals surface area contributed by atoms with E-state index >= 15 is 0 Å². The first-order valence-electron chi connectivity index (χ1n) is 9.59. The number of carbonyl (C=O) groups excluding carboxylic acids is 2. The monoisotopic (exact) mass is 444 g/mol. The van der Waals surface area contributed by atoms with Crippen molar-refractivity contribution in [2.45, 2.75) is 0 Å². The van der Waals surface area contributed by atoms with Crippen molar-refractivity contribution in [3.05, 3.63) is 108 Å². The zero-order valence-corrected chi connectivity index (χ0v) is 17.4. The van der Waals surface area contributed by atoms with Crippen LogP contribution in [-0.2, 0) is 0 Å². The molecular formula is C24H17ClN4O3. The summed E-state index contributed by atoms with van der Waals surface area (Å²) in [6, 6.07) is 20.2. The summed E-state index contributed by atoms with van der Waals surface area (Å²) in [6.45, 7) is 0. The minimum Gasteiger partial charge on any atom is -0.439 e. The lowest BCUT2D eigenvalue weighted by Gasteiger charge is -2.09. The lowest BCUT2D eigenvalue weighted by atomic mass is 10.1. The second-order valence-electron chi connectivity index (χ2n) is 6.67.